The van der Waals surface area contributed by atoms with E-state index in [9.17, 15) is 0 Å². The predicted octanol–water partition coefficient (Wildman–Crippen LogP) is 2.77. The van der Waals surface area contributed by atoms with Gasteiger partial charge in [0.2, 0.25) is 5.88 Å². The van der Waals surface area contributed by atoms with Crippen molar-refractivity contribution in [2.75, 3.05) is 20.2 Å². The first-order valence-corrected chi connectivity index (χ1v) is 7.36. The molecule has 1 aliphatic rings. The Morgan fingerprint density at radius 1 is 1.43 bits per heavy atom. The number of nitriles is 1. The lowest BCUT2D eigenvalue weighted by atomic mass is 10.1. The summed E-state index contributed by atoms with van der Waals surface area (Å²) in [6, 6.07) is 12.6. The molecule has 108 valence electrons. The van der Waals surface area contributed by atoms with Gasteiger partial charge >= 0.3 is 0 Å². The third-order valence-electron chi connectivity index (χ3n) is 4.12. The van der Waals surface area contributed by atoms with Crippen LogP contribution in [-0.2, 0) is 6.42 Å². The van der Waals surface area contributed by atoms with E-state index < -0.39 is 0 Å². The molecule has 1 aliphatic heterocycles. The molecule has 1 saturated heterocycles. The molecule has 0 saturated carbocycles. The van der Waals surface area contributed by atoms with Gasteiger partial charge in [-0.2, -0.15) is 5.26 Å². The summed E-state index contributed by atoms with van der Waals surface area (Å²) < 4.78 is 5.95. The molecule has 1 aromatic carbocycles. The van der Waals surface area contributed by atoms with Crippen LogP contribution in [0.25, 0.3) is 10.9 Å². The minimum atomic E-state index is 0.327. The maximum atomic E-state index is 9.00. The number of fused-ring (bicyclic) bond motifs is 1. The maximum absolute atomic E-state index is 9.00. The fourth-order valence-corrected chi connectivity index (χ4v) is 2.84. The molecule has 0 N–H and O–H groups in total. The van der Waals surface area contributed by atoms with Gasteiger partial charge in [-0.3, -0.25) is 0 Å². The van der Waals surface area contributed by atoms with E-state index in [1.165, 1.54) is 6.42 Å². The SMILES string of the molecule is CN1CCC[C@H]1COc1nc2ccccc2cc1CC#N. The summed E-state index contributed by atoms with van der Waals surface area (Å²) >= 11 is 0. The summed E-state index contributed by atoms with van der Waals surface area (Å²) in [5.41, 5.74) is 1.78. The normalized spacial score (nSPS) is 18.8. The average molecular weight is 281 g/mol. The number of rotatable bonds is 4. The van der Waals surface area contributed by atoms with Crippen LogP contribution in [0.15, 0.2) is 30.3 Å². The van der Waals surface area contributed by atoms with Crippen molar-refractivity contribution in [2.24, 2.45) is 0 Å². The Kier molecular flexibility index (Phi) is 4.03. The van der Waals surface area contributed by atoms with Crippen molar-refractivity contribution in [3.8, 4) is 11.9 Å². The third kappa shape index (κ3) is 2.98. The number of nitrogens with zero attached hydrogens (tertiary/aromatic N) is 3. The zero-order valence-corrected chi connectivity index (χ0v) is 12.2. The summed E-state index contributed by atoms with van der Waals surface area (Å²) in [4.78, 5) is 6.91. The summed E-state index contributed by atoms with van der Waals surface area (Å²) in [6.07, 6.45) is 2.71. The van der Waals surface area contributed by atoms with Crippen molar-refractivity contribution in [2.45, 2.75) is 25.3 Å². The minimum Gasteiger partial charge on any atom is -0.476 e. The molecule has 2 heterocycles. The number of para-hydroxylation sites is 1. The number of likely N-dealkylation sites (tertiary alicyclic amines) is 1. The molecular weight excluding hydrogens is 262 g/mol. The van der Waals surface area contributed by atoms with Gasteiger partial charge in [0.15, 0.2) is 0 Å². The van der Waals surface area contributed by atoms with Crippen LogP contribution < -0.4 is 4.74 Å². The zero-order valence-electron chi connectivity index (χ0n) is 12.2. The number of aromatic nitrogens is 1. The first-order chi connectivity index (χ1) is 10.3. The summed E-state index contributed by atoms with van der Waals surface area (Å²) in [7, 11) is 2.13. The molecule has 3 rings (SSSR count). The van der Waals surface area contributed by atoms with Gasteiger partial charge in [0.25, 0.3) is 0 Å². The predicted molar refractivity (Wildman–Crippen MR) is 82.2 cm³/mol. The van der Waals surface area contributed by atoms with E-state index in [2.05, 4.69) is 23.0 Å². The lowest BCUT2D eigenvalue weighted by molar-refractivity contribution is 0.192. The van der Waals surface area contributed by atoms with Crippen molar-refractivity contribution in [1.82, 2.24) is 9.88 Å². The van der Waals surface area contributed by atoms with E-state index in [4.69, 9.17) is 10.00 Å². The Balaban J connectivity index is 1.85. The van der Waals surface area contributed by atoms with Gasteiger partial charge in [0.1, 0.15) is 6.61 Å². The lowest BCUT2D eigenvalue weighted by Crippen LogP contribution is -2.30. The van der Waals surface area contributed by atoms with Crippen LogP contribution in [0.4, 0.5) is 0 Å². The maximum Gasteiger partial charge on any atom is 0.218 e. The first-order valence-electron chi connectivity index (χ1n) is 7.36. The molecule has 0 aliphatic carbocycles. The van der Waals surface area contributed by atoms with Crippen LogP contribution in [0.1, 0.15) is 18.4 Å². The molecule has 0 spiro atoms. The zero-order chi connectivity index (χ0) is 14.7. The molecule has 2 aromatic rings. The van der Waals surface area contributed by atoms with Crippen molar-refractivity contribution >= 4 is 10.9 Å². The third-order valence-corrected chi connectivity index (χ3v) is 4.12. The fraction of sp³-hybridized carbons (Fsp3) is 0.412. The van der Waals surface area contributed by atoms with E-state index in [0.717, 1.165) is 29.4 Å². The number of hydrogen-bond acceptors (Lipinski definition) is 4. The van der Waals surface area contributed by atoms with E-state index in [1.54, 1.807) is 0 Å². The van der Waals surface area contributed by atoms with Gasteiger partial charge in [0.05, 0.1) is 18.0 Å². The van der Waals surface area contributed by atoms with E-state index in [-0.39, 0.29) is 0 Å². The highest BCUT2D eigenvalue weighted by molar-refractivity contribution is 5.80. The minimum absolute atomic E-state index is 0.327. The Morgan fingerprint density at radius 3 is 3.05 bits per heavy atom. The second-order valence-electron chi connectivity index (χ2n) is 5.57. The largest absolute Gasteiger partial charge is 0.476 e. The Morgan fingerprint density at radius 2 is 2.29 bits per heavy atom. The van der Waals surface area contributed by atoms with Crippen molar-refractivity contribution in [3.63, 3.8) is 0 Å². The molecule has 0 amide bonds. The Bertz CT molecular complexity index is 677. The first kappa shape index (κ1) is 13.8. The van der Waals surface area contributed by atoms with Gasteiger partial charge in [-0.15, -0.1) is 0 Å². The highest BCUT2D eigenvalue weighted by atomic mass is 16.5. The average Bonchev–Trinajstić information content (AvgIpc) is 2.90. The molecule has 4 heteroatoms. The second kappa shape index (κ2) is 6.11. The monoisotopic (exact) mass is 281 g/mol. The molecule has 1 fully saturated rings. The second-order valence-corrected chi connectivity index (χ2v) is 5.57. The van der Waals surface area contributed by atoms with E-state index in [1.807, 2.05) is 30.3 Å². The van der Waals surface area contributed by atoms with Crippen LogP contribution in [0.2, 0.25) is 0 Å². The van der Waals surface area contributed by atoms with Crippen molar-refractivity contribution in [3.05, 3.63) is 35.9 Å². The molecular formula is C17H19N3O. The van der Waals surface area contributed by atoms with E-state index in [0.29, 0.717) is 24.9 Å². The van der Waals surface area contributed by atoms with Gasteiger partial charge < -0.3 is 9.64 Å². The van der Waals surface area contributed by atoms with Crippen LogP contribution in [0, 0.1) is 11.3 Å². The fourth-order valence-electron chi connectivity index (χ4n) is 2.84. The van der Waals surface area contributed by atoms with Gasteiger partial charge in [-0.05, 0) is 38.6 Å². The van der Waals surface area contributed by atoms with Gasteiger partial charge in [0, 0.05) is 17.0 Å². The summed E-state index contributed by atoms with van der Waals surface area (Å²) in [5.74, 6) is 0.607. The molecule has 1 atom stereocenters. The Hall–Kier alpha value is -2.12. The number of pyridine rings is 1. The lowest BCUT2D eigenvalue weighted by Gasteiger charge is -2.20. The van der Waals surface area contributed by atoms with Crippen LogP contribution in [-0.4, -0.2) is 36.1 Å². The Labute approximate surface area is 125 Å². The number of hydrogen-bond donors (Lipinski definition) is 0. The van der Waals surface area contributed by atoms with Crippen LogP contribution in [0.3, 0.4) is 0 Å². The van der Waals surface area contributed by atoms with Crippen molar-refractivity contribution in [1.29, 1.82) is 5.26 Å². The summed E-state index contributed by atoms with van der Waals surface area (Å²) in [5, 5.41) is 10.0. The van der Waals surface area contributed by atoms with E-state index >= 15 is 0 Å². The van der Waals surface area contributed by atoms with Gasteiger partial charge in [-0.1, -0.05) is 18.2 Å². The van der Waals surface area contributed by atoms with Crippen LogP contribution in [0.5, 0.6) is 5.88 Å². The molecule has 0 bridgehead atoms. The van der Waals surface area contributed by atoms with Crippen LogP contribution >= 0.6 is 0 Å². The quantitative estimate of drug-likeness (QED) is 0.864. The molecule has 0 unspecified atom stereocenters. The molecule has 1 aromatic heterocycles. The highest BCUT2D eigenvalue weighted by Crippen LogP contribution is 2.24. The number of likely N-dealkylation sites (N-methyl/N-ethyl adjacent to an activating group) is 1. The number of ether oxygens (including phenoxy) is 1. The smallest absolute Gasteiger partial charge is 0.218 e. The summed E-state index contributed by atoms with van der Waals surface area (Å²) in [6.45, 7) is 1.77. The van der Waals surface area contributed by atoms with Crippen molar-refractivity contribution < 1.29 is 4.74 Å². The molecule has 4 nitrogen and oxygen atoms in total. The van der Waals surface area contributed by atoms with Gasteiger partial charge in [-0.25, -0.2) is 4.98 Å². The molecule has 21 heavy (non-hydrogen) atoms. The molecule has 0 radical (unpaired) electrons. The highest BCUT2D eigenvalue weighted by Gasteiger charge is 2.22. The number of benzene rings is 1. The topological polar surface area (TPSA) is 49.1 Å². The standard InChI is InChI=1S/C17H19N3O/c1-20-10-4-6-15(20)12-21-17-14(8-9-18)11-13-5-2-3-7-16(13)19-17/h2-3,5,7,11,15H,4,6,8,10,12H2,1H3/t15-/m0/s1.